The van der Waals surface area contributed by atoms with Gasteiger partial charge in [-0.1, -0.05) is 66.2 Å². The van der Waals surface area contributed by atoms with Crippen LogP contribution in [-0.2, 0) is 19.4 Å². The van der Waals surface area contributed by atoms with Crippen molar-refractivity contribution >= 4 is 28.5 Å². The third-order valence-corrected chi connectivity index (χ3v) is 5.58. The minimum absolute atomic E-state index is 0.00212. The molecule has 1 aromatic heterocycles. The molecule has 0 bridgehead atoms. The molecule has 0 fully saturated rings. The van der Waals surface area contributed by atoms with Crippen LogP contribution in [0.1, 0.15) is 27.2 Å². The first kappa shape index (κ1) is 19.9. The molecule has 30 heavy (non-hydrogen) atoms. The molecular formula is C25H20ClNO3. The van der Waals surface area contributed by atoms with E-state index in [9.17, 15) is 14.7 Å². The molecule has 0 amide bonds. The van der Waals surface area contributed by atoms with E-state index in [1.807, 2.05) is 72.8 Å². The second-order valence-corrected chi connectivity index (χ2v) is 7.61. The van der Waals surface area contributed by atoms with Crippen molar-refractivity contribution in [3.63, 3.8) is 0 Å². The van der Waals surface area contributed by atoms with Gasteiger partial charge in [0.2, 0.25) is 0 Å². The van der Waals surface area contributed by atoms with Gasteiger partial charge < -0.3 is 9.67 Å². The van der Waals surface area contributed by atoms with Crippen molar-refractivity contribution in [3.8, 4) is 0 Å². The molecule has 3 aromatic carbocycles. The van der Waals surface area contributed by atoms with Crippen LogP contribution in [-0.4, -0.2) is 15.6 Å². The molecule has 1 N–H and O–H groups in total. The first-order chi connectivity index (χ1) is 14.5. The Kier molecular flexibility index (Phi) is 5.68. The quantitative estimate of drug-likeness (QED) is 0.470. The number of aromatic carboxylic acids is 1. The number of rotatable bonds is 6. The Morgan fingerprint density at radius 2 is 1.63 bits per heavy atom. The first-order valence-corrected chi connectivity index (χ1v) is 10.1. The normalized spacial score (nSPS) is 11.0. The summed E-state index contributed by atoms with van der Waals surface area (Å²) in [6, 6.07) is 24.3. The van der Waals surface area contributed by atoms with E-state index in [0.29, 0.717) is 35.3 Å². The van der Waals surface area contributed by atoms with E-state index in [2.05, 4.69) is 0 Å². The summed E-state index contributed by atoms with van der Waals surface area (Å²) in [6.07, 6.45) is 1.26. The Labute approximate surface area is 179 Å². The summed E-state index contributed by atoms with van der Waals surface area (Å²) >= 11 is 6.27. The lowest BCUT2D eigenvalue weighted by molar-refractivity contribution is 0.0684. The van der Waals surface area contributed by atoms with Crippen LogP contribution in [0.5, 0.6) is 0 Å². The van der Waals surface area contributed by atoms with Gasteiger partial charge in [-0.05, 0) is 47.7 Å². The van der Waals surface area contributed by atoms with Crippen molar-refractivity contribution < 1.29 is 9.90 Å². The molecule has 0 saturated carbocycles. The third kappa shape index (κ3) is 4.14. The van der Waals surface area contributed by atoms with E-state index in [0.717, 1.165) is 16.7 Å². The van der Waals surface area contributed by atoms with Crippen LogP contribution in [0.4, 0.5) is 0 Å². The summed E-state index contributed by atoms with van der Waals surface area (Å²) in [5.41, 5.74) is 3.37. The molecule has 1 heterocycles. The van der Waals surface area contributed by atoms with Crippen molar-refractivity contribution in [2.24, 2.45) is 0 Å². The van der Waals surface area contributed by atoms with Gasteiger partial charge in [0.05, 0.1) is 5.52 Å². The Balaban J connectivity index is 1.76. The van der Waals surface area contributed by atoms with E-state index < -0.39 is 5.97 Å². The van der Waals surface area contributed by atoms with Crippen molar-refractivity contribution in [2.75, 3.05) is 0 Å². The monoisotopic (exact) mass is 417 g/mol. The van der Waals surface area contributed by atoms with Crippen LogP contribution in [0, 0.1) is 0 Å². The molecule has 0 aliphatic carbocycles. The van der Waals surface area contributed by atoms with Crippen molar-refractivity contribution in [2.45, 2.75) is 19.4 Å². The molecule has 4 nitrogen and oxygen atoms in total. The lowest BCUT2D eigenvalue weighted by Crippen LogP contribution is -2.19. The maximum atomic E-state index is 12.7. The largest absolute Gasteiger partial charge is 0.477 e. The maximum absolute atomic E-state index is 12.7. The molecule has 4 aromatic rings. The summed E-state index contributed by atoms with van der Waals surface area (Å²) in [5.74, 6) is -1.11. The molecule has 0 radical (unpaired) electrons. The molecule has 0 aliphatic rings. The van der Waals surface area contributed by atoms with E-state index in [4.69, 9.17) is 11.6 Å². The summed E-state index contributed by atoms with van der Waals surface area (Å²) in [6.45, 7) is 0.465. The van der Waals surface area contributed by atoms with E-state index in [-0.39, 0.29) is 11.1 Å². The Morgan fingerprint density at radius 3 is 2.37 bits per heavy atom. The molecule has 4 rings (SSSR count). The van der Waals surface area contributed by atoms with Crippen LogP contribution in [0.25, 0.3) is 10.9 Å². The summed E-state index contributed by atoms with van der Waals surface area (Å²) in [5, 5.41) is 10.8. The van der Waals surface area contributed by atoms with Crippen LogP contribution in [0.2, 0.25) is 5.02 Å². The number of hydrogen-bond donors (Lipinski definition) is 1. The molecule has 0 unspecified atom stereocenters. The minimum atomic E-state index is -1.11. The number of carboxylic acid groups (broad SMARTS) is 1. The maximum Gasteiger partial charge on any atom is 0.352 e. The van der Waals surface area contributed by atoms with Crippen molar-refractivity contribution in [1.82, 2.24) is 4.57 Å². The molecule has 0 aliphatic heterocycles. The molecule has 0 spiro atoms. The highest BCUT2D eigenvalue weighted by atomic mass is 35.5. The fraction of sp³-hybridized carbons (Fsp3) is 0.120. The Morgan fingerprint density at radius 1 is 0.900 bits per heavy atom. The zero-order valence-electron chi connectivity index (χ0n) is 16.2. The van der Waals surface area contributed by atoms with Gasteiger partial charge in [-0.3, -0.25) is 4.79 Å². The van der Waals surface area contributed by atoms with Crippen LogP contribution in [0.15, 0.2) is 83.7 Å². The Bertz CT molecular complexity index is 1280. The predicted octanol–water partition coefficient (Wildman–Crippen LogP) is 5.19. The van der Waals surface area contributed by atoms with Gasteiger partial charge in [0, 0.05) is 23.0 Å². The Hall–Kier alpha value is -3.37. The summed E-state index contributed by atoms with van der Waals surface area (Å²) < 4.78 is 1.71. The number of hydrogen-bond acceptors (Lipinski definition) is 2. The summed E-state index contributed by atoms with van der Waals surface area (Å²) in [4.78, 5) is 24.5. The predicted molar refractivity (Wildman–Crippen MR) is 120 cm³/mol. The number of nitrogens with zero attached hydrogens (tertiary/aromatic N) is 1. The van der Waals surface area contributed by atoms with Crippen LogP contribution in [0.3, 0.4) is 0 Å². The number of aryl methyl sites for hydroxylation is 2. The van der Waals surface area contributed by atoms with Crippen LogP contribution < -0.4 is 5.43 Å². The molecular weight excluding hydrogens is 398 g/mol. The van der Waals surface area contributed by atoms with Crippen LogP contribution >= 0.6 is 11.6 Å². The molecule has 0 atom stereocenters. The fourth-order valence-electron chi connectivity index (χ4n) is 3.70. The fourth-order valence-corrected chi connectivity index (χ4v) is 3.90. The average molecular weight is 418 g/mol. The number of fused-ring (bicyclic) bond motifs is 1. The van der Waals surface area contributed by atoms with E-state index >= 15 is 0 Å². The lowest BCUT2D eigenvalue weighted by atomic mass is 10.0. The van der Waals surface area contributed by atoms with E-state index in [1.165, 1.54) is 6.07 Å². The number of carboxylic acids is 1. The van der Waals surface area contributed by atoms with Crippen molar-refractivity contribution in [3.05, 3.63) is 116 Å². The number of halogens is 1. The third-order valence-electron chi connectivity index (χ3n) is 5.21. The van der Waals surface area contributed by atoms with Gasteiger partial charge in [0.25, 0.3) is 0 Å². The molecule has 5 heteroatoms. The number of aromatic nitrogens is 1. The number of carbonyl (C=O) groups is 1. The topological polar surface area (TPSA) is 59.3 Å². The highest BCUT2D eigenvalue weighted by Crippen LogP contribution is 2.22. The van der Waals surface area contributed by atoms with Gasteiger partial charge >= 0.3 is 5.97 Å². The highest BCUT2D eigenvalue weighted by molar-refractivity contribution is 6.31. The van der Waals surface area contributed by atoms with Gasteiger partial charge in [-0.25, -0.2) is 4.79 Å². The average Bonchev–Trinajstić information content (AvgIpc) is 2.75. The lowest BCUT2D eigenvalue weighted by Gasteiger charge is -2.15. The SMILES string of the molecule is O=C(O)c1cc(=O)c2cc(Cc3ccccc3Cl)ccc2n1CCc1ccccc1. The van der Waals surface area contributed by atoms with Gasteiger partial charge in [-0.15, -0.1) is 0 Å². The van der Waals surface area contributed by atoms with Gasteiger partial charge in [0.15, 0.2) is 5.43 Å². The minimum Gasteiger partial charge on any atom is -0.477 e. The second kappa shape index (κ2) is 8.56. The first-order valence-electron chi connectivity index (χ1n) is 9.70. The molecule has 0 saturated heterocycles. The molecule has 150 valence electrons. The smallest absolute Gasteiger partial charge is 0.352 e. The number of benzene rings is 3. The standard InChI is InChI=1S/C25H20ClNO3/c26-21-9-5-4-8-19(21)14-18-10-11-22-20(15-18)24(28)16-23(25(29)30)27(22)13-12-17-6-2-1-3-7-17/h1-11,15-16H,12-14H2,(H,29,30). The second-order valence-electron chi connectivity index (χ2n) is 7.21. The number of pyridine rings is 1. The zero-order chi connectivity index (χ0) is 21.1. The highest BCUT2D eigenvalue weighted by Gasteiger charge is 2.15. The zero-order valence-corrected chi connectivity index (χ0v) is 17.0. The summed E-state index contributed by atoms with van der Waals surface area (Å²) in [7, 11) is 0. The van der Waals surface area contributed by atoms with Crippen molar-refractivity contribution in [1.29, 1.82) is 0 Å². The van der Waals surface area contributed by atoms with Gasteiger partial charge in [0.1, 0.15) is 5.69 Å². The van der Waals surface area contributed by atoms with E-state index in [1.54, 1.807) is 4.57 Å². The van der Waals surface area contributed by atoms with Gasteiger partial charge in [-0.2, -0.15) is 0 Å².